The first-order valence-electron chi connectivity index (χ1n) is 11.1. The Bertz CT molecular complexity index is 1160. The van der Waals surface area contributed by atoms with E-state index in [2.05, 4.69) is 15.2 Å². The zero-order valence-electron chi connectivity index (χ0n) is 18.3. The monoisotopic (exact) mass is 483 g/mol. The highest BCUT2D eigenvalue weighted by molar-refractivity contribution is 7.15. The van der Waals surface area contributed by atoms with Gasteiger partial charge in [0.1, 0.15) is 5.75 Å². The number of halogens is 1. The normalized spacial score (nSPS) is 20.4. The van der Waals surface area contributed by atoms with Crippen LogP contribution in [0.15, 0.2) is 54.7 Å². The van der Waals surface area contributed by atoms with Gasteiger partial charge in [-0.25, -0.2) is 4.98 Å². The number of aliphatic hydroxyl groups excluding tert-OH is 1. The molecular formula is C25H26ClN3O3S. The molecule has 1 aliphatic carbocycles. The molecule has 0 spiro atoms. The maximum atomic E-state index is 13.3. The highest BCUT2D eigenvalue weighted by Crippen LogP contribution is 2.52. The first-order valence-corrected chi connectivity index (χ1v) is 12.3. The van der Waals surface area contributed by atoms with Crippen LogP contribution >= 0.6 is 22.9 Å². The summed E-state index contributed by atoms with van der Waals surface area (Å²) in [6.45, 7) is 1.35. The number of thiazole rings is 1. The number of aromatic nitrogens is 1. The van der Waals surface area contributed by atoms with Gasteiger partial charge in [-0.2, -0.15) is 0 Å². The van der Waals surface area contributed by atoms with Crippen LogP contribution < -0.4 is 10.1 Å². The molecule has 1 aliphatic heterocycles. The molecule has 2 aliphatic rings. The van der Waals surface area contributed by atoms with E-state index in [9.17, 15) is 9.90 Å². The van der Waals surface area contributed by atoms with Crippen LogP contribution in [0.25, 0.3) is 0 Å². The molecular weight excluding hydrogens is 458 g/mol. The second kappa shape index (κ2) is 9.06. The Morgan fingerprint density at radius 3 is 2.73 bits per heavy atom. The minimum Gasteiger partial charge on any atom is -0.496 e. The second-order valence-electron chi connectivity index (χ2n) is 8.67. The number of para-hydroxylation sites is 1. The molecule has 3 aromatic rings. The van der Waals surface area contributed by atoms with E-state index >= 15 is 0 Å². The fourth-order valence-electron chi connectivity index (χ4n) is 4.70. The van der Waals surface area contributed by atoms with Crippen LogP contribution in [-0.2, 0) is 10.2 Å². The molecule has 33 heavy (non-hydrogen) atoms. The summed E-state index contributed by atoms with van der Waals surface area (Å²) in [6.07, 6.45) is 3.75. The number of nitrogens with zero attached hydrogens (tertiary/aromatic N) is 2. The van der Waals surface area contributed by atoms with Crippen molar-refractivity contribution in [1.29, 1.82) is 0 Å². The summed E-state index contributed by atoms with van der Waals surface area (Å²) in [5.41, 5.74) is 1.32. The van der Waals surface area contributed by atoms with Crippen molar-refractivity contribution in [2.45, 2.75) is 36.8 Å². The number of nitrogens with one attached hydrogen (secondary N) is 1. The van der Waals surface area contributed by atoms with Crippen molar-refractivity contribution in [2.75, 3.05) is 25.5 Å². The first-order chi connectivity index (χ1) is 16.0. The van der Waals surface area contributed by atoms with Gasteiger partial charge in [0.2, 0.25) is 5.91 Å². The third-order valence-electron chi connectivity index (χ3n) is 6.58. The van der Waals surface area contributed by atoms with Crippen molar-refractivity contribution in [3.8, 4) is 5.75 Å². The van der Waals surface area contributed by atoms with Gasteiger partial charge in [0.25, 0.3) is 0 Å². The number of methoxy groups -OCH3 is 1. The maximum absolute atomic E-state index is 13.3. The molecule has 8 heteroatoms. The third-order valence-corrected chi connectivity index (χ3v) is 7.89. The number of amides is 1. The summed E-state index contributed by atoms with van der Waals surface area (Å²) in [6, 6.07) is 15.3. The summed E-state index contributed by atoms with van der Waals surface area (Å²) in [5, 5.41) is 14.4. The van der Waals surface area contributed by atoms with Crippen LogP contribution in [0.3, 0.4) is 0 Å². The minimum atomic E-state index is -0.570. The van der Waals surface area contributed by atoms with Gasteiger partial charge in [-0.15, -0.1) is 0 Å². The highest BCUT2D eigenvalue weighted by Gasteiger charge is 2.53. The standard InChI is InChI=1S/C25H26ClN3O3S/c1-32-20-9-5-3-7-18(20)25(11-12-25)23(31)28-24-27-14-21(33-24)22(29-13-10-16(30)15-29)17-6-2-4-8-19(17)26/h2-9,14,16,22,30H,10-13,15H2,1H3,(H,27,28,31)/t16-,22?/m1/s1. The van der Waals surface area contributed by atoms with Crippen molar-refractivity contribution in [3.05, 3.63) is 75.8 Å². The predicted octanol–water partition coefficient (Wildman–Crippen LogP) is 4.63. The van der Waals surface area contributed by atoms with E-state index in [-0.39, 0.29) is 18.1 Å². The Hall–Kier alpha value is -2.45. The topological polar surface area (TPSA) is 74.7 Å². The Kier molecular flexibility index (Phi) is 6.14. The Balaban J connectivity index is 1.41. The molecule has 0 bridgehead atoms. The van der Waals surface area contributed by atoms with Crippen LogP contribution in [0.5, 0.6) is 5.75 Å². The fraction of sp³-hybridized carbons (Fsp3) is 0.360. The van der Waals surface area contributed by atoms with Crippen molar-refractivity contribution in [2.24, 2.45) is 0 Å². The molecule has 2 heterocycles. The quantitative estimate of drug-likeness (QED) is 0.512. The van der Waals surface area contributed by atoms with Gasteiger partial charge >= 0.3 is 0 Å². The molecule has 2 aromatic carbocycles. The molecule has 1 aromatic heterocycles. The van der Waals surface area contributed by atoms with Crippen LogP contribution in [0, 0.1) is 0 Å². The summed E-state index contributed by atoms with van der Waals surface area (Å²) in [4.78, 5) is 21.0. The molecule has 5 rings (SSSR count). The average molecular weight is 484 g/mol. The summed E-state index contributed by atoms with van der Waals surface area (Å²) in [7, 11) is 1.63. The smallest absolute Gasteiger partial charge is 0.236 e. The number of rotatable bonds is 7. The van der Waals surface area contributed by atoms with Crippen molar-refractivity contribution >= 4 is 34.0 Å². The lowest BCUT2D eigenvalue weighted by Gasteiger charge is -2.27. The van der Waals surface area contributed by atoms with E-state index in [0.29, 0.717) is 16.7 Å². The number of hydrogen-bond acceptors (Lipinski definition) is 6. The van der Waals surface area contributed by atoms with Crippen molar-refractivity contribution in [3.63, 3.8) is 0 Å². The van der Waals surface area contributed by atoms with Gasteiger partial charge in [0.15, 0.2) is 5.13 Å². The van der Waals surface area contributed by atoms with E-state index in [4.69, 9.17) is 16.3 Å². The Labute approximate surface area is 202 Å². The molecule has 1 saturated heterocycles. The lowest BCUT2D eigenvalue weighted by molar-refractivity contribution is -0.118. The lowest BCUT2D eigenvalue weighted by Crippen LogP contribution is -2.28. The van der Waals surface area contributed by atoms with Crippen LogP contribution in [0.4, 0.5) is 5.13 Å². The maximum Gasteiger partial charge on any atom is 0.236 e. The van der Waals surface area contributed by atoms with E-state index in [0.717, 1.165) is 47.6 Å². The number of carbonyl (C=O) groups excluding carboxylic acids is 1. The number of ether oxygens (including phenoxy) is 1. The molecule has 6 nitrogen and oxygen atoms in total. The number of anilines is 1. The van der Waals surface area contributed by atoms with Crippen molar-refractivity contribution < 1.29 is 14.6 Å². The number of aliphatic hydroxyl groups is 1. The fourth-order valence-corrected chi connectivity index (χ4v) is 5.91. The summed E-state index contributed by atoms with van der Waals surface area (Å²) in [5.74, 6) is 0.676. The molecule has 1 amide bonds. The third kappa shape index (κ3) is 4.26. The predicted molar refractivity (Wildman–Crippen MR) is 130 cm³/mol. The number of benzene rings is 2. The molecule has 1 unspecified atom stereocenters. The van der Waals surface area contributed by atoms with Gasteiger partial charge < -0.3 is 15.2 Å². The minimum absolute atomic E-state index is 0.0567. The number of carbonyl (C=O) groups is 1. The first kappa shape index (κ1) is 22.3. The van der Waals surface area contributed by atoms with E-state index in [1.807, 2.05) is 54.7 Å². The number of likely N-dealkylation sites (tertiary alicyclic amines) is 1. The average Bonchev–Trinajstić information content (AvgIpc) is 3.34. The van der Waals surface area contributed by atoms with E-state index in [1.165, 1.54) is 11.3 Å². The van der Waals surface area contributed by atoms with E-state index < -0.39 is 5.41 Å². The molecule has 2 fully saturated rings. The Morgan fingerprint density at radius 2 is 2.03 bits per heavy atom. The lowest BCUT2D eigenvalue weighted by atomic mass is 9.94. The van der Waals surface area contributed by atoms with Gasteiger partial charge in [-0.05, 0) is 37.0 Å². The SMILES string of the molecule is COc1ccccc1C1(C(=O)Nc2ncc(C(c3ccccc3Cl)N3CC[C@@H](O)C3)s2)CC1. The van der Waals surface area contributed by atoms with Crippen LogP contribution in [0.1, 0.15) is 41.3 Å². The van der Waals surface area contributed by atoms with Gasteiger partial charge in [0.05, 0.1) is 24.7 Å². The summed E-state index contributed by atoms with van der Waals surface area (Å²) >= 11 is 8.01. The Morgan fingerprint density at radius 1 is 1.27 bits per heavy atom. The molecule has 1 saturated carbocycles. The molecule has 2 N–H and O–H groups in total. The van der Waals surface area contributed by atoms with Crippen LogP contribution in [0.2, 0.25) is 5.02 Å². The van der Waals surface area contributed by atoms with Gasteiger partial charge in [-0.1, -0.05) is 59.3 Å². The zero-order chi connectivity index (χ0) is 23.0. The summed E-state index contributed by atoms with van der Waals surface area (Å²) < 4.78 is 5.50. The zero-order valence-corrected chi connectivity index (χ0v) is 19.9. The molecule has 172 valence electrons. The van der Waals surface area contributed by atoms with Crippen molar-refractivity contribution in [1.82, 2.24) is 9.88 Å². The number of β-amino-alcohol motifs (C(OH)–C–C–N with tert-alkyl or cyclic N) is 1. The molecule has 2 atom stereocenters. The van der Waals surface area contributed by atoms with Gasteiger partial charge in [-0.3, -0.25) is 9.69 Å². The highest BCUT2D eigenvalue weighted by atomic mass is 35.5. The molecule has 0 radical (unpaired) electrons. The van der Waals surface area contributed by atoms with E-state index in [1.54, 1.807) is 7.11 Å². The van der Waals surface area contributed by atoms with Crippen LogP contribution in [-0.4, -0.2) is 47.2 Å². The van der Waals surface area contributed by atoms with Gasteiger partial charge in [0, 0.05) is 34.7 Å². The largest absolute Gasteiger partial charge is 0.496 e. The second-order valence-corrected chi connectivity index (χ2v) is 10.1. The number of hydrogen-bond donors (Lipinski definition) is 2.